The molecule has 1 N–H and O–H groups in total. The van der Waals surface area contributed by atoms with E-state index in [0.717, 1.165) is 0 Å². The van der Waals surface area contributed by atoms with E-state index >= 15 is 0 Å². The Morgan fingerprint density at radius 1 is 1.04 bits per heavy atom. The molecular formula is C19H22N4O5. The largest absolute Gasteiger partial charge is 0.469 e. The van der Waals surface area contributed by atoms with Gasteiger partial charge in [-0.15, -0.1) is 0 Å². The molecule has 2 aromatic rings. The number of esters is 2. The lowest BCUT2D eigenvalue weighted by molar-refractivity contribution is -0.165. The van der Waals surface area contributed by atoms with Gasteiger partial charge in [-0.1, -0.05) is 0 Å². The van der Waals surface area contributed by atoms with Gasteiger partial charge < -0.3 is 14.8 Å². The molecule has 0 unspecified atom stereocenters. The van der Waals surface area contributed by atoms with E-state index in [4.69, 9.17) is 9.47 Å². The molecular weight excluding hydrogens is 364 g/mol. The minimum Gasteiger partial charge on any atom is -0.469 e. The van der Waals surface area contributed by atoms with E-state index < -0.39 is 16.8 Å². The molecule has 148 valence electrons. The molecule has 3 fully saturated rings. The fourth-order valence-corrected chi connectivity index (χ4v) is 4.51. The van der Waals surface area contributed by atoms with Gasteiger partial charge in [0, 0.05) is 17.5 Å². The smallest absolute Gasteiger partial charge is 0.356 e. The molecule has 2 bridgehead atoms. The summed E-state index contributed by atoms with van der Waals surface area (Å²) in [5.74, 6) is -0.512. The van der Waals surface area contributed by atoms with Crippen LogP contribution in [-0.4, -0.2) is 46.7 Å². The zero-order valence-electron chi connectivity index (χ0n) is 15.9. The van der Waals surface area contributed by atoms with E-state index in [0.29, 0.717) is 50.0 Å². The maximum Gasteiger partial charge on any atom is 0.356 e. The van der Waals surface area contributed by atoms with Crippen LogP contribution in [0.25, 0.3) is 5.65 Å². The van der Waals surface area contributed by atoms with Crippen molar-refractivity contribution in [1.29, 1.82) is 0 Å². The Hall–Kier alpha value is -2.97. The Morgan fingerprint density at radius 3 is 2.29 bits per heavy atom. The standard InChI is InChI=1S/C19H22N4O5/c1-27-15(24)12-11-14(23-13(21-12)3-10-20-23)22-16(25)18-4-7-19(8-5-18,9-6-18)17(26)28-2/h3,10-11H,4-9H2,1-2H3,(H,22,25). The summed E-state index contributed by atoms with van der Waals surface area (Å²) in [6.45, 7) is 0. The summed E-state index contributed by atoms with van der Waals surface area (Å²) in [5.41, 5.74) is -0.432. The Labute approximate surface area is 161 Å². The van der Waals surface area contributed by atoms with Gasteiger partial charge in [0.25, 0.3) is 0 Å². The first-order chi connectivity index (χ1) is 13.4. The summed E-state index contributed by atoms with van der Waals surface area (Å²) in [6.07, 6.45) is 5.38. The first-order valence-electron chi connectivity index (χ1n) is 9.26. The molecule has 0 spiro atoms. The van der Waals surface area contributed by atoms with Crippen molar-refractivity contribution in [2.24, 2.45) is 10.8 Å². The van der Waals surface area contributed by atoms with Crippen LogP contribution in [-0.2, 0) is 19.1 Å². The molecule has 3 aliphatic carbocycles. The van der Waals surface area contributed by atoms with E-state index in [9.17, 15) is 14.4 Å². The summed E-state index contributed by atoms with van der Waals surface area (Å²) in [7, 11) is 2.69. The maximum atomic E-state index is 13.2. The Bertz CT molecular complexity index is 942. The summed E-state index contributed by atoms with van der Waals surface area (Å²) in [4.78, 5) is 41.5. The Morgan fingerprint density at radius 2 is 1.68 bits per heavy atom. The van der Waals surface area contributed by atoms with Crippen LogP contribution in [0.3, 0.4) is 0 Å². The van der Waals surface area contributed by atoms with Crippen molar-refractivity contribution < 1.29 is 23.9 Å². The number of ether oxygens (including phenoxy) is 2. The fraction of sp³-hybridized carbons (Fsp3) is 0.526. The van der Waals surface area contributed by atoms with E-state index in [-0.39, 0.29) is 17.6 Å². The van der Waals surface area contributed by atoms with Gasteiger partial charge in [-0.2, -0.15) is 9.61 Å². The molecule has 0 atom stereocenters. The number of nitrogens with zero attached hydrogens (tertiary/aromatic N) is 3. The molecule has 2 heterocycles. The van der Waals surface area contributed by atoms with Crippen molar-refractivity contribution in [3.05, 3.63) is 24.0 Å². The van der Waals surface area contributed by atoms with E-state index in [1.165, 1.54) is 24.8 Å². The van der Waals surface area contributed by atoms with Crippen LogP contribution in [0.2, 0.25) is 0 Å². The van der Waals surface area contributed by atoms with Gasteiger partial charge in [-0.25, -0.2) is 9.78 Å². The second-order valence-electron chi connectivity index (χ2n) is 7.63. The van der Waals surface area contributed by atoms with Crippen molar-refractivity contribution in [2.45, 2.75) is 38.5 Å². The predicted molar refractivity (Wildman–Crippen MR) is 97.5 cm³/mol. The average molecular weight is 386 g/mol. The van der Waals surface area contributed by atoms with Gasteiger partial charge in [-0.05, 0) is 38.5 Å². The van der Waals surface area contributed by atoms with Gasteiger partial charge in [-0.3, -0.25) is 9.59 Å². The molecule has 2 aromatic heterocycles. The lowest BCUT2D eigenvalue weighted by atomic mass is 9.53. The van der Waals surface area contributed by atoms with Crippen LogP contribution in [0.4, 0.5) is 5.82 Å². The molecule has 9 nitrogen and oxygen atoms in total. The third kappa shape index (κ3) is 2.73. The number of carbonyl (C=O) groups excluding carboxylic acids is 3. The van der Waals surface area contributed by atoms with Crippen LogP contribution in [0.1, 0.15) is 49.0 Å². The number of aromatic nitrogens is 3. The second kappa shape index (κ2) is 6.57. The average Bonchev–Trinajstić information content (AvgIpc) is 3.22. The number of anilines is 1. The lowest BCUT2D eigenvalue weighted by Crippen LogP contribution is -2.51. The van der Waals surface area contributed by atoms with Crippen LogP contribution in [0, 0.1) is 10.8 Å². The summed E-state index contributed by atoms with van der Waals surface area (Å²) in [6, 6.07) is 3.11. The molecule has 5 rings (SSSR count). The van der Waals surface area contributed by atoms with Crippen LogP contribution in [0.15, 0.2) is 18.3 Å². The number of methoxy groups -OCH3 is 2. The predicted octanol–water partition coefficient (Wildman–Crippen LogP) is 1.97. The fourth-order valence-electron chi connectivity index (χ4n) is 4.51. The van der Waals surface area contributed by atoms with E-state index in [1.54, 1.807) is 12.3 Å². The second-order valence-corrected chi connectivity index (χ2v) is 7.63. The van der Waals surface area contributed by atoms with Crippen LogP contribution in [0.5, 0.6) is 0 Å². The summed E-state index contributed by atoms with van der Waals surface area (Å²) in [5, 5.41) is 7.10. The Kier molecular flexibility index (Phi) is 4.32. The number of hydrogen-bond acceptors (Lipinski definition) is 7. The van der Waals surface area contributed by atoms with Crippen molar-refractivity contribution in [1.82, 2.24) is 14.6 Å². The van der Waals surface area contributed by atoms with Crippen molar-refractivity contribution >= 4 is 29.3 Å². The first kappa shape index (κ1) is 18.4. The van der Waals surface area contributed by atoms with Gasteiger partial charge in [0.1, 0.15) is 5.82 Å². The molecule has 3 saturated carbocycles. The normalized spacial score (nSPS) is 26.1. The number of amides is 1. The van der Waals surface area contributed by atoms with Crippen molar-refractivity contribution in [2.75, 3.05) is 19.5 Å². The lowest BCUT2D eigenvalue weighted by Gasteiger charge is -2.50. The van der Waals surface area contributed by atoms with E-state index in [1.807, 2.05) is 0 Å². The summed E-state index contributed by atoms with van der Waals surface area (Å²) >= 11 is 0. The highest BCUT2D eigenvalue weighted by molar-refractivity contribution is 5.97. The highest BCUT2D eigenvalue weighted by Crippen LogP contribution is 2.57. The SMILES string of the molecule is COC(=O)c1cc(NC(=O)C23CCC(C(=O)OC)(CC2)CC3)n2nccc2n1. The van der Waals surface area contributed by atoms with Crippen LogP contribution < -0.4 is 5.32 Å². The first-order valence-corrected chi connectivity index (χ1v) is 9.26. The van der Waals surface area contributed by atoms with Crippen molar-refractivity contribution in [3.63, 3.8) is 0 Å². The third-order valence-electron chi connectivity index (χ3n) is 6.34. The number of nitrogens with one attached hydrogen (secondary N) is 1. The number of carbonyl (C=O) groups is 3. The zero-order chi connectivity index (χ0) is 19.9. The number of rotatable bonds is 4. The summed E-state index contributed by atoms with van der Waals surface area (Å²) < 4.78 is 11.2. The number of fused-ring (bicyclic) bond motifs is 4. The maximum absolute atomic E-state index is 13.2. The van der Waals surface area contributed by atoms with Gasteiger partial charge in [0.05, 0.1) is 25.8 Å². The van der Waals surface area contributed by atoms with Crippen LogP contribution >= 0.6 is 0 Å². The molecule has 0 saturated heterocycles. The van der Waals surface area contributed by atoms with Gasteiger partial charge in [0.15, 0.2) is 11.3 Å². The minimum atomic E-state index is -0.587. The molecule has 0 aliphatic heterocycles. The zero-order valence-corrected chi connectivity index (χ0v) is 15.9. The monoisotopic (exact) mass is 386 g/mol. The minimum absolute atomic E-state index is 0.0975. The molecule has 9 heteroatoms. The third-order valence-corrected chi connectivity index (χ3v) is 6.34. The van der Waals surface area contributed by atoms with E-state index in [2.05, 4.69) is 15.4 Å². The Balaban J connectivity index is 1.59. The molecule has 3 aliphatic rings. The number of hydrogen-bond donors (Lipinski definition) is 1. The quantitative estimate of drug-likeness (QED) is 0.800. The topological polar surface area (TPSA) is 112 Å². The highest BCUT2D eigenvalue weighted by atomic mass is 16.5. The molecule has 0 radical (unpaired) electrons. The van der Waals surface area contributed by atoms with Crippen molar-refractivity contribution in [3.8, 4) is 0 Å². The van der Waals surface area contributed by atoms with Gasteiger partial charge >= 0.3 is 11.9 Å². The molecule has 0 aromatic carbocycles. The molecule has 28 heavy (non-hydrogen) atoms. The molecule has 1 amide bonds. The highest BCUT2D eigenvalue weighted by Gasteiger charge is 2.56. The van der Waals surface area contributed by atoms with Gasteiger partial charge in [0.2, 0.25) is 5.91 Å².